The Morgan fingerprint density at radius 3 is 2.22 bits per heavy atom. The third-order valence-corrected chi connectivity index (χ3v) is 2.83. The first kappa shape index (κ1) is 17.2. The highest BCUT2D eigenvalue weighted by Crippen LogP contribution is 1.96. The van der Waals surface area contributed by atoms with Crippen molar-refractivity contribution in [2.45, 2.75) is 52.9 Å². The van der Waals surface area contributed by atoms with Crippen LogP contribution in [0.25, 0.3) is 0 Å². The van der Waals surface area contributed by atoms with Crippen molar-refractivity contribution in [1.29, 1.82) is 0 Å². The molecule has 0 heterocycles. The minimum absolute atomic E-state index is 0.598. The SMILES string of the molecule is CCCCNC(N)=NCCCN(CCC)CCC. The molecule has 0 aromatic carbocycles. The van der Waals surface area contributed by atoms with Gasteiger partial charge in [-0.1, -0.05) is 27.2 Å². The molecular weight excluding hydrogens is 224 g/mol. The molecule has 0 aliphatic carbocycles. The zero-order valence-electron chi connectivity index (χ0n) is 12.5. The lowest BCUT2D eigenvalue weighted by Crippen LogP contribution is -2.33. The van der Waals surface area contributed by atoms with Crippen LogP contribution in [-0.4, -0.2) is 43.6 Å². The van der Waals surface area contributed by atoms with Gasteiger partial charge in [0.05, 0.1) is 0 Å². The average molecular weight is 256 g/mol. The van der Waals surface area contributed by atoms with Crippen LogP contribution in [0.4, 0.5) is 0 Å². The molecule has 0 bridgehead atoms. The van der Waals surface area contributed by atoms with Gasteiger partial charge < -0.3 is 16.0 Å². The van der Waals surface area contributed by atoms with Crippen molar-refractivity contribution in [1.82, 2.24) is 10.2 Å². The van der Waals surface area contributed by atoms with Gasteiger partial charge in [-0.15, -0.1) is 0 Å². The van der Waals surface area contributed by atoms with Gasteiger partial charge in [0.1, 0.15) is 0 Å². The van der Waals surface area contributed by atoms with E-state index in [0.29, 0.717) is 5.96 Å². The van der Waals surface area contributed by atoms with E-state index in [1.807, 2.05) is 0 Å². The van der Waals surface area contributed by atoms with Gasteiger partial charge in [-0.25, -0.2) is 0 Å². The second kappa shape index (κ2) is 12.7. The molecule has 0 aliphatic rings. The van der Waals surface area contributed by atoms with E-state index in [1.165, 1.54) is 32.4 Å². The first-order chi connectivity index (χ1) is 8.74. The highest BCUT2D eigenvalue weighted by Gasteiger charge is 2.01. The Morgan fingerprint density at radius 2 is 1.67 bits per heavy atom. The number of nitrogens with zero attached hydrogens (tertiary/aromatic N) is 2. The van der Waals surface area contributed by atoms with Crippen molar-refractivity contribution in [3.8, 4) is 0 Å². The van der Waals surface area contributed by atoms with Gasteiger partial charge in [0.2, 0.25) is 0 Å². The maximum atomic E-state index is 5.77. The van der Waals surface area contributed by atoms with Gasteiger partial charge in [-0.2, -0.15) is 0 Å². The maximum absolute atomic E-state index is 5.77. The number of hydrogen-bond acceptors (Lipinski definition) is 2. The van der Waals surface area contributed by atoms with Crippen molar-refractivity contribution in [3.05, 3.63) is 0 Å². The number of guanidine groups is 1. The summed E-state index contributed by atoms with van der Waals surface area (Å²) < 4.78 is 0. The average Bonchev–Trinajstić information content (AvgIpc) is 2.35. The Bertz CT molecular complexity index is 198. The number of unbranched alkanes of at least 4 members (excludes halogenated alkanes) is 1. The lowest BCUT2D eigenvalue weighted by atomic mass is 10.3. The van der Waals surface area contributed by atoms with Crippen molar-refractivity contribution in [3.63, 3.8) is 0 Å². The van der Waals surface area contributed by atoms with Crippen LogP contribution in [0.15, 0.2) is 4.99 Å². The smallest absolute Gasteiger partial charge is 0.188 e. The molecule has 0 fully saturated rings. The van der Waals surface area contributed by atoms with Crippen LogP contribution in [0.2, 0.25) is 0 Å². The molecule has 4 heteroatoms. The summed E-state index contributed by atoms with van der Waals surface area (Å²) in [6, 6.07) is 0. The predicted molar refractivity (Wildman–Crippen MR) is 81.0 cm³/mol. The normalized spacial score (nSPS) is 12.1. The zero-order chi connectivity index (χ0) is 13.6. The Hall–Kier alpha value is -0.770. The molecule has 4 nitrogen and oxygen atoms in total. The molecule has 3 N–H and O–H groups in total. The lowest BCUT2D eigenvalue weighted by molar-refractivity contribution is 0.273. The van der Waals surface area contributed by atoms with Crippen molar-refractivity contribution in [2.24, 2.45) is 10.7 Å². The molecule has 0 radical (unpaired) electrons. The third-order valence-electron chi connectivity index (χ3n) is 2.83. The number of rotatable bonds is 11. The molecule has 0 saturated carbocycles. The molecule has 0 aromatic heterocycles. The second-order valence-corrected chi connectivity index (χ2v) is 4.74. The number of hydrogen-bond donors (Lipinski definition) is 2. The van der Waals surface area contributed by atoms with Gasteiger partial charge >= 0.3 is 0 Å². The quantitative estimate of drug-likeness (QED) is 0.338. The molecule has 0 saturated heterocycles. The zero-order valence-corrected chi connectivity index (χ0v) is 12.5. The van der Waals surface area contributed by atoms with Gasteiger partial charge in [-0.05, 0) is 45.3 Å². The fourth-order valence-electron chi connectivity index (χ4n) is 1.91. The summed E-state index contributed by atoms with van der Waals surface area (Å²) >= 11 is 0. The molecule has 0 rings (SSSR count). The minimum atomic E-state index is 0.598. The molecule has 0 atom stereocenters. The summed E-state index contributed by atoms with van der Waals surface area (Å²) in [5.41, 5.74) is 5.77. The Morgan fingerprint density at radius 1 is 1.00 bits per heavy atom. The molecule has 108 valence electrons. The molecule has 0 aliphatic heterocycles. The van der Waals surface area contributed by atoms with E-state index in [-0.39, 0.29) is 0 Å². The van der Waals surface area contributed by atoms with Crippen molar-refractivity contribution < 1.29 is 0 Å². The fourth-order valence-corrected chi connectivity index (χ4v) is 1.91. The van der Waals surface area contributed by atoms with Crippen LogP contribution in [0.5, 0.6) is 0 Å². The highest BCUT2D eigenvalue weighted by molar-refractivity contribution is 5.77. The topological polar surface area (TPSA) is 53.6 Å². The van der Waals surface area contributed by atoms with E-state index >= 15 is 0 Å². The van der Waals surface area contributed by atoms with E-state index < -0.39 is 0 Å². The lowest BCUT2D eigenvalue weighted by Gasteiger charge is -2.20. The largest absolute Gasteiger partial charge is 0.370 e. The third kappa shape index (κ3) is 10.4. The second-order valence-electron chi connectivity index (χ2n) is 4.74. The monoisotopic (exact) mass is 256 g/mol. The van der Waals surface area contributed by atoms with Crippen LogP contribution in [-0.2, 0) is 0 Å². The van der Waals surface area contributed by atoms with Crippen molar-refractivity contribution in [2.75, 3.05) is 32.7 Å². The summed E-state index contributed by atoms with van der Waals surface area (Å²) in [5.74, 6) is 0.598. The van der Waals surface area contributed by atoms with Crippen LogP contribution in [0.3, 0.4) is 0 Å². The van der Waals surface area contributed by atoms with E-state index in [1.54, 1.807) is 0 Å². The van der Waals surface area contributed by atoms with Gasteiger partial charge in [0.25, 0.3) is 0 Å². The van der Waals surface area contributed by atoms with E-state index in [9.17, 15) is 0 Å². The first-order valence-electron chi connectivity index (χ1n) is 7.50. The number of aliphatic imine (C=N–C) groups is 1. The molecule has 0 unspecified atom stereocenters. The van der Waals surface area contributed by atoms with E-state index in [4.69, 9.17) is 5.73 Å². The van der Waals surface area contributed by atoms with Gasteiger partial charge in [0, 0.05) is 13.1 Å². The van der Waals surface area contributed by atoms with Crippen LogP contribution >= 0.6 is 0 Å². The Labute approximate surface area is 113 Å². The van der Waals surface area contributed by atoms with E-state index in [0.717, 1.165) is 32.5 Å². The maximum Gasteiger partial charge on any atom is 0.188 e. The van der Waals surface area contributed by atoms with Gasteiger partial charge in [0.15, 0.2) is 5.96 Å². The minimum Gasteiger partial charge on any atom is -0.370 e. The standard InChI is InChI=1S/C14H32N4/c1-4-7-9-16-14(15)17-10-8-13-18(11-5-2)12-6-3/h4-13H2,1-3H3,(H3,15,16,17). The molecule has 0 spiro atoms. The first-order valence-corrected chi connectivity index (χ1v) is 7.50. The summed E-state index contributed by atoms with van der Waals surface area (Å²) in [7, 11) is 0. The predicted octanol–water partition coefficient (Wildman–Crippen LogP) is 2.20. The molecule has 0 aromatic rings. The van der Waals surface area contributed by atoms with Crippen LogP contribution in [0, 0.1) is 0 Å². The fraction of sp³-hybridized carbons (Fsp3) is 0.929. The highest BCUT2D eigenvalue weighted by atomic mass is 15.1. The summed E-state index contributed by atoms with van der Waals surface area (Å²) in [5, 5.41) is 3.14. The summed E-state index contributed by atoms with van der Waals surface area (Å²) in [4.78, 5) is 6.85. The Balaban J connectivity index is 3.64. The number of nitrogens with one attached hydrogen (secondary N) is 1. The molecule has 18 heavy (non-hydrogen) atoms. The van der Waals surface area contributed by atoms with Gasteiger partial charge in [-0.3, -0.25) is 4.99 Å². The van der Waals surface area contributed by atoms with Crippen molar-refractivity contribution >= 4 is 5.96 Å². The van der Waals surface area contributed by atoms with E-state index in [2.05, 4.69) is 36.0 Å². The molecule has 0 amide bonds. The van der Waals surface area contributed by atoms with Crippen LogP contribution < -0.4 is 11.1 Å². The Kier molecular flexibility index (Phi) is 12.1. The molecular formula is C14H32N4. The number of nitrogens with two attached hydrogens (primary N) is 1. The van der Waals surface area contributed by atoms with Crippen LogP contribution in [0.1, 0.15) is 52.9 Å². The summed E-state index contributed by atoms with van der Waals surface area (Å²) in [6.07, 6.45) is 5.88. The summed E-state index contributed by atoms with van der Waals surface area (Å²) in [6.45, 7) is 11.9.